The van der Waals surface area contributed by atoms with E-state index in [1.54, 1.807) is 6.08 Å². The fourth-order valence-corrected chi connectivity index (χ4v) is 3.73. The SMILES string of the molecule is Cc1cc(C)c2oc(Cc3ccc(NC(=O)/C=C/c4ccc(C(C)C)cc4)cc3)nc2c1. The fraction of sp³-hybridized carbons (Fsp3) is 0.214. The molecule has 3 aromatic carbocycles. The number of carbonyl (C=O) groups excluding carboxylic acids is 1. The second-order valence-electron chi connectivity index (χ2n) is 8.56. The van der Waals surface area contributed by atoms with Crippen LogP contribution in [0.1, 0.15) is 53.5 Å². The van der Waals surface area contributed by atoms with Crippen molar-refractivity contribution in [1.29, 1.82) is 0 Å². The van der Waals surface area contributed by atoms with E-state index in [2.05, 4.69) is 49.3 Å². The monoisotopic (exact) mass is 424 g/mol. The molecule has 1 aromatic heterocycles. The van der Waals surface area contributed by atoms with Crippen molar-refractivity contribution < 1.29 is 9.21 Å². The number of rotatable bonds is 6. The van der Waals surface area contributed by atoms with E-state index in [1.165, 1.54) is 11.1 Å². The van der Waals surface area contributed by atoms with Gasteiger partial charge in [-0.25, -0.2) is 4.98 Å². The minimum atomic E-state index is -0.157. The van der Waals surface area contributed by atoms with E-state index in [9.17, 15) is 4.79 Å². The molecular weight excluding hydrogens is 396 g/mol. The molecule has 0 aliphatic heterocycles. The molecule has 0 aliphatic carbocycles. The van der Waals surface area contributed by atoms with Gasteiger partial charge in [-0.15, -0.1) is 0 Å². The van der Waals surface area contributed by atoms with Crippen molar-refractivity contribution in [2.24, 2.45) is 0 Å². The number of benzene rings is 3. The molecule has 4 heteroatoms. The van der Waals surface area contributed by atoms with Crippen molar-refractivity contribution in [2.45, 2.75) is 40.0 Å². The molecule has 0 saturated carbocycles. The molecule has 162 valence electrons. The molecule has 1 amide bonds. The van der Waals surface area contributed by atoms with Gasteiger partial charge in [0.1, 0.15) is 5.52 Å². The van der Waals surface area contributed by atoms with Gasteiger partial charge in [0.15, 0.2) is 11.5 Å². The summed E-state index contributed by atoms with van der Waals surface area (Å²) in [6.45, 7) is 8.43. The molecule has 1 N–H and O–H groups in total. The Morgan fingerprint density at radius 1 is 1.03 bits per heavy atom. The van der Waals surface area contributed by atoms with E-state index in [0.29, 0.717) is 18.2 Å². The maximum atomic E-state index is 12.3. The Kier molecular flexibility index (Phi) is 6.22. The van der Waals surface area contributed by atoms with Crippen LogP contribution >= 0.6 is 0 Å². The van der Waals surface area contributed by atoms with Crippen LogP contribution in [0.25, 0.3) is 17.2 Å². The maximum Gasteiger partial charge on any atom is 0.248 e. The summed E-state index contributed by atoms with van der Waals surface area (Å²) in [6, 6.07) is 20.2. The summed E-state index contributed by atoms with van der Waals surface area (Å²) in [5.74, 6) is 1.03. The minimum Gasteiger partial charge on any atom is -0.440 e. The van der Waals surface area contributed by atoms with Gasteiger partial charge in [0.25, 0.3) is 0 Å². The minimum absolute atomic E-state index is 0.157. The summed E-state index contributed by atoms with van der Waals surface area (Å²) < 4.78 is 5.96. The predicted molar refractivity (Wildman–Crippen MR) is 131 cm³/mol. The van der Waals surface area contributed by atoms with E-state index < -0.39 is 0 Å². The number of hydrogen-bond donors (Lipinski definition) is 1. The Morgan fingerprint density at radius 2 is 1.75 bits per heavy atom. The third-order valence-corrected chi connectivity index (χ3v) is 5.47. The van der Waals surface area contributed by atoms with Crippen LogP contribution in [0.4, 0.5) is 5.69 Å². The number of carbonyl (C=O) groups is 1. The van der Waals surface area contributed by atoms with Crippen LogP contribution in [0.15, 0.2) is 71.2 Å². The highest BCUT2D eigenvalue weighted by molar-refractivity contribution is 6.01. The second-order valence-corrected chi connectivity index (χ2v) is 8.56. The number of anilines is 1. The second kappa shape index (κ2) is 9.23. The fourth-order valence-electron chi connectivity index (χ4n) is 3.73. The number of nitrogens with zero attached hydrogens (tertiary/aromatic N) is 1. The standard InChI is InChI=1S/C28H28N2O2/c1-18(2)23-10-5-21(6-11-23)9-14-26(31)29-24-12-7-22(8-13-24)17-27-30-25-16-19(3)15-20(4)28(25)32-27/h5-16,18H,17H2,1-4H3,(H,29,31)/b14-9+. The maximum absolute atomic E-state index is 12.3. The van der Waals surface area contributed by atoms with Gasteiger partial charge in [-0.2, -0.15) is 0 Å². The van der Waals surface area contributed by atoms with Crippen molar-refractivity contribution in [3.63, 3.8) is 0 Å². The molecule has 0 unspecified atom stereocenters. The molecular formula is C28H28N2O2. The number of aromatic nitrogens is 1. The molecule has 0 aliphatic rings. The molecule has 4 aromatic rings. The van der Waals surface area contributed by atoms with Crippen LogP contribution in [-0.4, -0.2) is 10.9 Å². The van der Waals surface area contributed by atoms with Crippen LogP contribution in [0.5, 0.6) is 0 Å². The Bertz CT molecular complexity index is 1260. The van der Waals surface area contributed by atoms with Gasteiger partial charge in [-0.1, -0.05) is 56.3 Å². The summed E-state index contributed by atoms with van der Waals surface area (Å²) in [7, 11) is 0. The molecule has 0 bridgehead atoms. The highest BCUT2D eigenvalue weighted by Crippen LogP contribution is 2.23. The molecule has 0 saturated heterocycles. The first kappa shape index (κ1) is 21.6. The molecule has 4 rings (SSSR count). The third-order valence-electron chi connectivity index (χ3n) is 5.47. The first-order chi connectivity index (χ1) is 15.4. The van der Waals surface area contributed by atoms with Crippen molar-refractivity contribution in [1.82, 2.24) is 4.98 Å². The Labute approximate surface area is 189 Å². The lowest BCUT2D eigenvalue weighted by atomic mass is 10.0. The zero-order valence-corrected chi connectivity index (χ0v) is 19.0. The number of aryl methyl sites for hydroxylation is 2. The number of amides is 1. The molecule has 32 heavy (non-hydrogen) atoms. The summed E-state index contributed by atoms with van der Waals surface area (Å²) in [5.41, 5.74) is 8.13. The number of hydrogen-bond acceptors (Lipinski definition) is 3. The quantitative estimate of drug-likeness (QED) is 0.346. The molecule has 0 radical (unpaired) electrons. The van der Waals surface area contributed by atoms with Gasteiger partial charge in [0.2, 0.25) is 5.91 Å². The van der Waals surface area contributed by atoms with Crippen LogP contribution in [0, 0.1) is 13.8 Å². The van der Waals surface area contributed by atoms with Crippen LogP contribution in [-0.2, 0) is 11.2 Å². The predicted octanol–water partition coefficient (Wildman–Crippen LogP) is 6.81. The molecule has 1 heterocycles. The highest BCUT2D eigenvalue weighted by atomic mass is 16.3. The number of nitrogens with one attached hydrogen (secondary N) is 1. The average Bonchev–Trinajstić information content (AvgIpc) is 3.16. The topological polar surface area (TPSA) is 55.1 Å². The molecule has 0 atom stereocenters. The van der Waals surface area contributed by atoms with Gasteiger partial charge in [0, 0.05) is 18.2 Å². The van der Waals surface area contributed by atoms with Crippen LogP contribution in [0.3, 0.4) is 0 Å². The Balaban J connectivity index is 1.37. The lowest BCUT2D eigenvalue weighted by Gasteiger charge is -2.05. The van der Waals surface area contributed by atoms with E-state index in [0.717, 1.165) is 33.5 Å². The smallest absolute Gasteiger partial charge is 0.248 e. The molecule has 0 spiro atoms. The van der Waals surface area contributed by atoms with E-state index in [-0.39, 0.29) is 5.91 Å². The van der Waals surface area contributed by atoms with Crippen molar-refractivity contribution >= 4 is 28.8 Å². The normalized spacial score (nSPS) is 11.5. The average molecular weight is 425 g/mol. The summed E-state index contributed by atoms with van der Waals surface area (Å²) in [6.07, 6.45) is 3.99. The van der Waals surface area contributed by atoms with Gasteiger partial charge in [0.05, 0.1) is 0 Å². The van der Waals surface area contributed by atoms with Crippen molar-refractivity contribution in [3.05, 3.63) is 100 Å². The van der Waals surface area contributed by atoms with Crippen LogP contribution < -0.4 is 5.32 Å². The van der Waals surface area contributed by atoms with Gasteiger partial charge < -0.3 is 9.73 Å². The number of oxazole rings is 1. The van der Waals surface area contributed by atoms with E-state index in [1.807, 2.05) is 55.5 Å². The summed E-state index contributed by atoms with van der Waals surface area (Å²) in [4.78, 5) is 16.9. The lowest BCUT2D eigenvalue weighted by Crippen LogP contribution is -2.07. The largest absolute Gasteiger partial charge is 0.440 e. The van der Waals surface area contributed by atoms with E-state index in [4.69, 9.17) is 4.42 Å². The van der Waals surface area contributed by atoms with Crippen molar-refractivity contribution in [2.75, 3.05) is 5.32 Å². The third kappa shape index (κ3) is 5.14. The first-order valence-electron chi connectivity index (χ1n) is 10.9. The summed E-state index contributed by atoms with van der Waals surface area (Å²) in [5, 5.41) is 2.90. The number of fused-ring (bicyclic) bond motifs is 1. The first-order valence-corrected chi connectivity index (χ1v) is 10.9. The molecule has 0 fully saturated rings. The highest BCUT2D eigenvalue weighted by Gasteiger charge is 2.10. The van der Waals surface area contributed by atoms with Gasteiger partial charge in [-0.3, -0.25) is 4.79 Å². The van der Waals surface area contributed by atoms with E-state index >= 15 is 0 Å². The van der Waals surface area contributed by atoms with Gasteiger partial charge in [-0.05, 0) is 71.9 Å². The molecule has 4 nitrogen and oxygen atoms in total. The van der Waals surface area contributed by atoms with Gasteiger partial charge >= 0.3 is 0 Å². The van der Waals surface area contributed by atoms with Crippen LogP contribution in [0.2, 0.25) is 0 Å². The Morgan fingerprint density at radius 3 is 2.44 bits per heavy atom. The summed E-state index contributed by atoms with van der Waals surface area (Å²) >= 11 is 0. The zero-order valence-electron chi connectivity index (χ0n) is 19.0. The Hall–Kier alpha value is -3.66. The zero-order chi connectivity index (χ0) is 22.7. The lowest BCUT2D eigenvalue weighted by molar-refractivity contribution is -0.111. The van der Waals surface area contributed by atoms with Crippen molar-refractivity contribution in [3.8, 4) is 0 Å².